The molecule has 2 N–H and O–H groups in total. The summed E-state index contributed by atoms with van der Waals surface area (Å²) < 4.78 is 29.7. The molecule has 0 unspecified atom stereocenters. The normalized spacial score (nSPS) is 15.3. The van der Waals surface area contributed by atoms with Crippen LogP contribution in [0.2, 0.25) is 0 Å². The molecule has 37 heavy (non-hydrogen) atoms. The molecule has 0 bridgehead atoms. The van der Waals surface area contributed by atoms with Crippen molar-refractivity contribution in [2.45, 2.75) is 24.9 Å². The second-order valence-corrected chi connectivity index (χ2v) is 9.39. The van der Waals surface area contributed by atoms with Crippen LogP contribution in [-0.2, 0) is 28.6 Å². The van der Waals surface area contributed by atoms with Gasteiger partial charge in [0.25, 0.3) is 0 Å². The Kier molecular flexibility index (Phi) is 5.60. The van der Waals surface area contributed by atoms with E-state index in [0.717, 1.165) is 27.6 Å². The second-order valence-electron chi connectivity index (χ2n) is 9.39. The number of halogens is 1. The molecular formula is C27H25FN6O3. The number of carbonyl (C=O) groups excluding carboxylic acids is 1. The van der Waals surface area contributed by atoms with Gasteiger partial charge >= 0.3 is 0 Å². The number of hydrogen-bond donors (Lipinski definition) is 1. The standard InChI is InChI=1S/C27H25FN6O3/c1-33-14-18(13-31-33)23-12-25-32-30-16-34(25)24-8-17(2-3-22(23)24)15-37-21-10-19(9-20(28)11-21)27(26(29)35)4-6-36-7-5-27/h2-3,8-14,16H,4-7,15H2,1H3,(H2,29,35). The molecule has 0 spiro atoms. The number of nitrogens with zero attached hydrogens (tertiary/aromatic N) is 5. The molecule has 10 heteroatoms. The van der Waals surface area contributed by atoms with Crippen LogP contribution in [0.5, 0.6) is 5.75 Å². The van der Waals surface area contributed by atoms with Gasteiger partial charge in [-0.2, -0.15) is 5.10 Å². The number of aryl methyl sites for hydroxylation is 1. The Morgan fingerprint density at radius 3 is 2.78 bits per heavy atom. The van der Waals surface area contributed by atoms with Crippen molar-refractivity contribution in [1.29, 1.82) is 0 Å². The van der Waals surface area contributed by atoms with E-state index in [1.807, 2.05) is 48.1 Å². The number of ether oxygens (including phenoxy) is 2. The number of hydrogen-bond acceptors (Lipinski definition) is 6. The molecule has 6 rings (SSSR count). The highest BCUT2D eigenvalue weighted by Gasteiger charge is 2.40. The summed E-state index contributed by atoms with van der Waals surface area (Å²) in [6.07, 6.45) is 6.26. The number of benzene rings is 2. The lowest BCUT2D eigenvalue weighted by Gasteiger charge is -2.34. The number of primary amides is 1. The summed E-state index contributed by atoms with van der Waals surface area (Å²) in [6.45, 7) is 0.989. The third kappa shape index (κ3) is 4.09. The third-order valence-electron chi connectivity index (χ3n) is 7.12. The molecule has 9 nitrogen and oxygen atoms in total. The van der Waals surface area contributed by atoms with Crippen molar-refractivity contribution in [1.82, 2.24) is 24.4 Å². The molecule has 188 valence electrons. The molecule has 5 aromatic rings. The van der Waals surface area contributed by atoms with E-state index >= 15 is 0 Å². The lowest BCUT2D eigenvalue weighted by atomic mass is 9.73. The van der Waals surface area contributed by atoms with Crippen LogP contribution >= 0.6 is 0 Å². The Labute approximate surface area is 211 Å². The van der Waals surface area contributed by atoms with Crippen molar-refractivity contribution in [3.63, 3.8) is 0 Å². The predicted molar refractivity (Wildman–Crippen MR) is 134 cm³/mol. The molecule has 2 aromatic carbocycles. The maximum atomic E-state index is 14.6. The number of fused-ring (bicyclic) bond motifs is 3. The van der Waals surface area contributed by atoms with Crippen molar-refractivity contribution in [3.8, 4) is 16.9 Å². The predicted octanol–water partition coefficient (Wildman–Crippen LogP) is 3.53. The fourth-order valence-electron chi connectivity index (χ4n) is 5.11. The van der Waals surface area contributed by atoms with Crippen LogP contribution in [-0.4, -0.2) is 43.5 Å². The average molecular weight is 501 g/mol. The first-order chi connectivity index (χ1) is 17.9. The van der Waals surface area contributed by atoms with Crippen LogP contribution in [0.15, 0.2) is 61.2 Å². The Morgan fingerprint density at radius 2 is 2.03 bits per heavy atom. The van der Waals surface area contributed by atoms with Gasteiger partial charge in [-0.15, -0.1) is 10.2 Å². The first-order valence-corrected chi connectivity index (χ1v) is 12.0. The minimum Gasteiger partial charge on any atom is -0.489 e. The Hall–Kier alpha value is -4.31. The van der Waals surface area contributed by atoms with Crippen molar-refractivity contribution in [2.24, 2.45) is 12.8 Å². The minimum atomic E-state index is -0.968. The summed E-state index contributed by atoms with van der Waals surface area (Å²) in [5.41, 5.74) is 9.81. The highest BCUT2D eigenvalue weighted by Crippen LogP contribution is 2.37. The molecule has 0 aliphatic carbocycles. The summed E-state index contributed by atoms with van der Waals surface area (Å²) in [4.78, 5) is 12.4. The lowest BCUT2D eigenvalue weighted by Crippen LogP contribution is -2.45. The number of nitrogens with two attached hydrogens (primary N) is 1. The fourth-order valence-corrected chi connectivity index (χ4v) is 5.11. The maximum absolute atomic E-state index is 14.6. The Bertz CT molecular complexity index is 1640. The lowest BCUT2D eigenvalue weighted by molar-refractivity contribution is -0.127. The van der Waals surface area contributed by atoms with Crippen LogP contribution in [0.4, 0.5) is 4.39 Å². The SMILES string of the molecule is Cn1cc(-c2cc3nncn3c3cc(COc4cc(F)cc(C5(C(N)=O)CCOCC5)c4)ccc23)cn1. The summed E-state index contributed by atoms with van der Waals surface area (Å²) in [6, 6.07) is 12.4. The van der Waals surface area contributed by atoms with Crippen molar-refractivity contribution >= 4 is 22.5 Å². The number of amides is 1. The minimum absolute atomic E-state index is 0.201. The largest absolute Gasteiger partial charge is 0.489 e. The van der Waals surface area contributed by atoms with E-state index in [1.54, 1.807) is 17.1 Å². The number of aromatic nitrogens is 5. The van der Waals surface area contributed by atoms with Gasteiger partial charge in [-0.3, -0.25) is 13.9 Å². The zero-order chi connectivity index (χ0) is 25.6. The second kappa shape index (κ2) is 8.97. The van der Waals surface area contributed by atoms with E-state index in [1.165, 1.54) is 12.1 Å². The van der Waals surface area contributed by atoms with Gasteiger partial charge < -0.3 is 15.2 Å². The monoisotopic (exact) mass is 500 g/mol. The van der Waals surface area contributed by atoms with Gasteiger partial charge in [-0.1, -0.05) is 12.1 Å². The number of rotatable bonds is 6. The van der Waals surface area contributed by atoms with Crippen molar-refractivity contribution in [2.75, 3.05) is 13.2 Å². The number of carbonyl (C=O) groups is 1. The van der Waals surface area contributed by atoms with Crippen LogP contribution in [0.1, 0.15) is 24.0 Å². The van der Waals surface area contributed by atoms with Gasteiger partial charge in [-0.05, 0) is 53.8 Å². The third-order valence-corrected chi connectivity index (χ3v) is 7.12. The Balaban J connectivity index is 1.33. The molecule has 0 radical (unpaired) electrons. The fraction of sp³-hybridized carbons (Fsp3) is 0.259. The van der Waals surface area contributed by atoms with Crippen molar-refractivity contribution < 1.29 is 18.7 Å². The molecular weight excluding hydrogens is 475 g/mol. The molecule has 3 aromatic heterocycles. The number of pyridine rings is 1. The zero-order valence-corrected chi connectivity index (χ0v) is 20.2. The molecule has 1 amide bonds. The highest BCUT2D eigenvalue weighted by molar-refractivity contribution is 5.97. The van der Waals surface area contributed by atoms with Crippen LogP contribution < -0.4 is 10.5 Å². The average Bonchev–Trinajstić information content (AvgIpc) is 3.56. The molecule has 4 heterocycles. The van der Waals surface area contributed by atoms with Crippen LogP contribution in [0.3, 0.4) is 0 Å². The molecule has 0 saturated carbocycles. The van der Waals surface area contributed by atoms with Crippen LogP contribution in [0, 0.1) is 5.82 Å². The van der Waals surface area contributed by atoms with Crippen LogP contribution in [0.25, 0.3) is 27.7 Å². The molecule has 1 aliphatic rings. The summed E-state index contributed by atoms with van der Waals surface area (Å²) in [5, 5.41) is 13.6. The topological polar surface area (TPSA) is 110 Å². The van der Waals surface area contributed by atoms with E-state index in [-0.39, 0.29) is 6.61 Å². The van der Waals surface area contributed by atoms with E-state index in [2.05, 4.69) is 15.3 Å². The van der Waals surface area contributed by atoms with Gasteiger partial charge in [0.15, 0.2) is 5.65 Å². The maximum Gasteiger partial charge on any atom is 0.228 e. The Morgan fingerprint density at radius 1 is 1.19 bits per heavy atom. The van der Waals surface area contributed by atoms with E-state index in [0.29, 0.717) is 43.0 Å². The van der Waals surface area contributed by atoms with Gasteiger partial charge in [0.1, 0.15) is 24.5 Å². The molecule has 0 atom stereocenters. The zero-order valence-electron chi connectivity index (χ0n) is 20.2. The van der Waals surface area contributed by atoms with Crippen molar-refractivity contribution in [3.05, 3.63) is 78.1 Å². The van der Waals surface area contributed by atoms with E-state index in [4.69, 9.17) is 15.2 Å². The van der Waals surface area contributed by atoms with Gasteiger partial charge in [-0.25, -0.2) is 4.39 Å². The summed E-state index contributed by atoms with van der Waals surface area (Å²) >= 11 is 0. The van der Waals surface area contributed by atoms with E-state index < -0.39 is 17.1 Å². The smallest absolute Gasteiger partial charge is 0.228 e. The first-order valence-electron chi connectivity index (χ1n) is 12.0. The van der Waals surface area contributed by atoms with Gasteiger partial charge in [0.05, 0.1) is 17.1 Å². The summed E-state index contributed by atoms with van der Waals surface area (Å²) in [7, 11) is 1.88. The van der Waals surface area contributed by atoms with Gasteiger partial charge in [0, 0.05) is 43.5 Å². The highest BCUT2D eigenvalue weighted by atomic mass is 19.1. The van der Waals surface area contributed by atoms with E-state index in [9.17, 15) is 9.18 Å². The first kappa shape index (κ1) is 23.1. The van der Waals surface area contributed by atoms with Gasteiger partial charge in [0.2, 0.25) is 5.91 Å². The summed E-state index contributed by atoms with van der Waals surface area (Å²) in [5.74, 6) is -0.629. The quantitative estimate of drug-likeness (QED) is 0.382. The molecule has 1 fully saturated rings. The molecule has 1 aliphatic heterocycles. The molecule has 1 saturated heterocycles.